The summed E-state index contributed by atoms with van der Waals surface area (Å²) in [6.45, 7) is 1.77. The third kappa shape index (κ3) is 6.98. The van der Waals surface area contributed by atoms with Gasteiger partial charge in [0, 0.05) is 34.1 Å². The summed E-state index contributed by atoms with van der Waals surface area (Å²) in [5.74, 6) is -0.613. The fourth-order valence-electron chi connectivity index (χ4n) is 4.32. The van der Waals surface area contributed by atoms with Crippen LogP contribution in [0, 0.1) is 11.3 Å². The SMILES string of the molecule is COc1cc(NC(=O)CSC2=C(C#N)[C@H](c3ccccc3)C(C(=O)Nc3ccc(Cl)cc3)=C(C)N2)c(OC)cc1Cl. The van der Waals surface area contributed by atoms with E-state index in [0.717, 1.165) is 17.3 Å². The van der Waals surface area contributed by atoms with Crippen LogP contribution in [0.3, 0.4) is 0 Å². The molecule has 2 amide bonds. The van der Waals surface area contributed by atoms with Crippen molar-refractivity contribution < 1.29 is 19.1 Å². The normalized spacial score (nSPS) is 14.6. The Balaban J connectivity index is 1.60. The van der Waals surface area contributed by atoms with Crippen molar-refractivity contribution in [2.75, 3.05) is 30.6 Å². The molecule has 1 heterocycles. The maximum Gasteiger partial charge on any atom is 0.254 e. The summed E-state index contributed by atoms with van der Waals surface area (Å²) in [5, 5.41) is 20.5. The van der Waals surface area contributed by atoms with Crippen LogP contribution in [-0.4, -0.2) is 31.8 Å². The number of rotatable bonds is 9. The lowest BCUT2D eigenvalue weighted by Crippen LogP contribution is -2.31. The van der Waals surface area contributed by atoms with Gasteiger partial charge in [0.2, 0.25) is 5.91 Å². The number of hydrogen-bond acceptors (Lipinski definition) is 7. The van der Waals surface area contributed by atoms with Crippen molar-refractivity contribution in [2.24, 2.45) is 0 Å². The van der Waals surface area contributed by atoms with Crippen LogP contribution in [0.2, 0.25) is 10.0 Å². The van der Waals surface area contributed by atoms with E-state index < -0.39 is 5.92 Å². The molecule has 8 nitrogen and oxygen atoms in total. The van der Waals surface area contributed by atoms with Crippen LogP contribution >= 0.6 is 35.0 Å². The third-order valence-electron chi connectivity index (χ3n) is 6.22. The first kappa shape index (κ1) is 29.9. The Hall–Kier alpha value is -4.10. The van der Waals surface area contributed by atoms with E-state index in [1.54, 1.807) is 43.3 Å². The molecule has 0 saturated heterocycles. The molecule has 0 spiro atoms. The molecule has 0 aromatic heterocycles. The van der Waals surface area contributed by atoms with E-state index in [9.17, 15) is 14.9 Å². The van der Waals surface area contributed by atoms with Gasteiger partial charge in [-0.15, -0.1) is 0 Å². The monoisotopic (exact) mass is 608 g/mol. The first-order valence-corrected chi connectivity index (χ1v) is 14.1. The summed E-state index contributed by atoms with van der Waals surface area (Å²) in [7, 11) is 2.95. The van der Waals surface area contributed by atoms with Gasteiger partial charge in [-0.2, -0.15) is 5.26 Å². The second-order valence-electron chi connectivity index (χ2n) is 8.85. The Labute approximate surface area is 252 Å². The summed E-state index contributed by atoms with van der Waals surface area (Å²) in [5.41, 5.74) is 3.02. The van der Waals surface area contributed by atoms with Crippen molar-refractivity contribution >= 4 is 58.2 Å². The number of ether oxygens (including phenoxy) is 2. The van der Waals surface area contributed by atoms with Gasteiger partial charge in [-0.1, -0.05) is 65.3 Å². The Kier molecular flexibility index (Phi) is 9.84. The maximum absolute atomic E-state index is 13.5. The number of thioether (sulfide) groups is 1. The van der Waals surface area contributed by atoms with Crippen LogP contribution < -0.4 is 25.4 Å². The molecular weight excluding hydrogens is 583 g/mol. The van der Waals surface area contributed by atoms with Crippen LogP contribution in [0.5, 0.6) is 11.5 Å². The van der Waals surface area contributed by atoms with Gasteiger partial charge in [-0.05, 0) is 36.8 Å². The van der Waals surface area contributed by atoms with Crippen molar-refractivity contribution in [3.8, 4) is 17.6 Å². The molecule has 0 fully saturated rings. The number of halogens is 2. The lowest BCUT2D eigenvalue weighted by Gasteiger charge is -2.30. The fourth-order valence-corrected chi connectivity index (χ4v) is 5.57. The number of nitrogens with one attached hydrogen (secondary N) is 3. The standard InChI is InChI=1S/C30H26Cl2N4O4S/c1-17-27(29(38)35-20-11-9-19(31)10-12-20)28(18-7-5-4-6-8-18)21(15-33)30(34-17)41-16-26(37)36-23-14-24(39-2)22(32)13-25(23)40-3/h4-14,28,34H,16H2,1-3H3,(H,35,38)(H,36,37)/t28-/m0/s1. The highest BCUT2D eigenvalue weighted by Gasteiger charge is 2.35. The molecule has 3 N–H and O–H groups in total. The lowest BCUT2D eigenvalue weighted by molar-refractivity contribution is -0.114. The number of benzene rings is 3. The van der Waals surface area contributed by atoms with Gasteiger partial charge in [0.15, 0.2) is 0 Å². The van der Waals surface area contributed by atoms with E-state index in [0.29, 0.717) is 54.8 Å². The third-order valence-corrected chi connectivity index (χ3v) is 7.79. The molecule has 0 bridgehead atoms. The number of amides is 2. The number of nitriles is 1. The highest BCUT2D eigenvalue weighted by Crippen LogP contribution is 2.41. The first-order valence-electron chi connectivity index (χ1n) is 12.3. The summed E-state index contributed by atoms with van der Waals surface area (Å²) >= 11 is 13.3. The molecular formula is C30H26Cl2N4O4S. The van der Waals surface area contributed by atoms with Crippen LogP contribution in [0.1, 0.15) is 18.4 Å². The topological polar surface area (TPSA) is 112 Å². The molecule has 3 aromatic carbocycles. The molecule has 11 heteroatoms. The number of hydrogen-bond donors (Lipinski definition) is 3. The van der Waals surface area contributed by atoms with E-state index in [-0.39, 0.29) is 17.6 Å². The van der Waals surface area contributed by atoms with Gasteiger partial charge < -0.3 is 25.4 Å². The summed E-state index contributed by atoms with van der Waals surface area (Å²) in [6.07, 6.45) is 0. The first-order chi connectivity index (χ1) is 19.7. The highest BCUT2D eigenvalue weighted by atomic mass is 35.5. The summed E-state index contributed by atoms with van der Waals surface area (Å²) in [6, 6.07) is 21.5. The predicted molar refractivity (Wildman–Crippen MR) is 163 cm³/mol. The zero-order valence-electron chi connectivity index (χ0n) is 22.4. The van der Waals surface area contributed by atoms with Gasteiger partial charge >= 0.3 is 0 Å². The van der Waals surface area contributed by atoms with Crippen LogP contribution in [0.15, 0.2) is 88.6 Å². The quantitative estimate of drug-likeness (QED) is 0.247. The average Bonchev–Trinajstić information content (AvgIpc) is 2.97. The largest absolute Gasteiger partial charge is 0.495 e. The van der Waals surface area contributed by atoms with Gasteiger partial charge in [-0.3, -0.25) is 9.59 Å². The minimum absolute atomic E-state index is 0.0251. The second kappa shape index (κ2) is 13.5. The molecule has 0 unspecified atom stereocenters. The minimum atomic E-state index is -0.652. The molecule has 210 valence electrons. The molecule has 1 aliphatic heterocycles. The van der Waals surface area contributed by atoms with E-state index in [1.165, 1.54) is 14.2 Å². The predicted octanol–water partition coefficient (Wildman–Crippen LogP) is 6.72. The summed E-state index contributed by atoms with van der Waals surface area (Å²) < 4.78 is 10.6. The van der Waals surface area contributed by atoms with E-state index in [2.05, 4.69) is 22.0 Å². The number of methoxy groups -OCH3 is 2. The van der Waals surface area contributed by atoms with E-state index in [1.807, 2.05) is 30.3 Å². The van der Waals surface area contributed by atoms with Crippen molar-refractivity contribution in [3.05, 3.63) is 104 Å². The van der Waals surface area contributed by atoms with Crippen LogP contribution in [0.4, 0.5) is 11.4 Å². The van der Waals surface area contributed by atoms with Crippen molar-refractivity contribution in [1.82, 2.24) is 5.32 Å². The molecule has 0 aliphatic carbocycles. The van der Waals surface area contributed by atoms with Gasteiger partial charge in [0.05, 0.1) is 53.3 Å². The molecule has 3 aromatic rings. The molecule has 41 heavy (non-hydrogen) atoms. The van der Waals surface area contributed by atoms with Crippen LogP contribution in [0.25, 0.3) is 0 Å². The zero-order chi connectivity index (χ0) is 29.5. The number of anilines is 2. The Morgan fingerprint density at radius 1 is 1.00 bits per heavy atom. The zero-order valence-corrected chi connectivity index (χ0v) is 24.7. The Morgan fingerprint density at radius 3 is 2.32 bits per heavy atom. The molecule has 1 atom stereocenters. The average molecular weight is 610 g/mol. The van der Waals surface area contributed by atoms with Gasteiger partial charge in [0.1, 0.15) is 11.5 Å². The minimum Gasteiger partial charge on any atom is -0.495 e. The number of dihydropyridines is 1. The number of carbonyl (C=O) groups excluding carboxylic acids is 2. The van der Waals surface area contributed by atoms with Gasteiger partial charge in [-0.25, -0.2) is 0 Å². The van der Waals surface area contributed by atoms with E-state index in [4.69, 9.17) is 32.7 Å². The molecule has 1 aliphatic rings. The van der Waals surface area contributed by atoms with E-state index >= 15 is 0 Å². The maximum atomic E-state index is 13.5. The second-order valence-corrected chi connectivity index (χ2v) is 10.7. The number of carbonyl (C=O) groups is 2. The fraction of sp³-hybridized carbons (Fsp3) is 0.167. The van der Waals surface area contributed by atoms with Crippen molar-refractivity contribution in [1.29, 1.82) is 5.26 Å². The molecule has 0 radical (unpaired) electrons. The van der Waals surface area contributed by atoms with Crippen molar-refractivity contribution in [2.45, 2.75) is 12.8 Å². The Morgan fingerprint density at radius 2 is 1.68 bits per heavy atom. The Bertz CT molecular complexity index is 1570. The summed E-state index contributed by atoms with van der Waals surface area (Å²) in [4.78, 5) is 26.5. The van der Waals surface area contributed by atoms with Gasteiger partial charge in [0.25, 0.3) is 5.91 Å². The lowest BCUT2D eigenvalue weighted by atomic mass is 9.82. The molecule has 4 rings (SSSR count). The number of nitrogens with zero attached hydrogens (tertiary/aromatic N) is 1. The van der Waals surface area contributed by atoms with Crippen LogP contribution in [-0.2, 0) is 9.59 Å². The number of allylic oxidation sites excluding steroid dienone is 2. The smallest absolute Gasteiger partial charge is 0.254 e. The highest BCUT2D eigenvalue weighted by molar-refractivity contribution is 8.03. The molecule has 0 saturated carbocycles. The van der Waals surface area contributed by atoms with Crippen molar-refractivity contribution in [3.63, 3.8) is 0 Å².